The van der Waals surface area contributed by atoms with Gasteiger partial charge in [-0.2, -0.15) is 0 Å². The van der Waals surface area contributed by atoms with Crippen LogP contribution in [0.4, 0.5) is 0 Å². The molecular weight excluding hydrogens is 305 g/mol. The zero-order valence-corrected chi connectivity index (χ0v) is 15.9. The van der Waals surface area contributed by atoms with Gasteiger partial charge in [0.2, 0.25) is 10.0 Å². The third kappa shape index (κ3) is 6.80. The summed E-state index contributed by atoms with van der Waals surface area (Å²) in [4.78, 5) is 10.5. The van der Waals surface area contributed by atoms with Gasteiger partial charge in [-0.1, -0.05) is 24.6 Å². The first kappa shape index (κ1) is 20.2. The SMILES string of the molecule is CN(CCCCCC(=O)[O-])S(=O)(=O)c1ccccc1.[K+]. The first-order valence-corrected chi connectivity index (χ1v) is 7.60. The molecule has 0 unspecified atom stereocenters. The summed E-state index contributed by atoms with van der Waals surface area (Å²) in [6.45, 7) is 0.379. The van der Waals surface area contributed by atoms with Crippen LogP contribution in [0.2, 0.25) is 0 Å². The first-order valence-electron chi connectivity index (χ1n) is 6.16. The number of carboxylic acids is 1. The zero-order valence-electron chi connectivity index (χ0n) is 11.9. The molecule has 0 N–H and O–H groups in total. The monoisotopic (exact) mass is 323 g/mol. The van der Waals surface area contributed by atoms with Gasteiger partial charge in [0.1, 0.15) is 0 Å². The fourth-order valence-corrected chi connectivity index (χ4v) is 2.90. The second kappa shape index (κ2) is 10.0. The van der Waals surface area contributed by atoms with Crippen LogP contribution in [0.15, 0.2) is 35.2 Å². The number of nitrogens with zero attached hydrogens (tertiary/aromatic N) is 1. The second-order valence-corrected chi connectivity index (χ2v) is 6.37. The maximum Gasteiger partial charge on any atom is 1.00 e. The minimum Gasteiger partial charge on any atom is -0.550 e. The molecule has 0 atom stereocenters. The van der Waals surface area contributed by atoms with E-state index in [4.69, 9.17) is 0 Å². The van der Waals surface area contributed by atoms with Gasteiger partial charge < -0.3 is 9.90 Å². The van der Waals surface area contributed by atoms with Crippen LogP contribution in [0.3, 0.4) is 0 Å². The molecule has 1 aromatic rings. The van der Waals surface area contributed by atoms with Crippen LogP contribution in [0.25, 0.3) is 0 Å². The second-order valence-electron chi connectivity index (χ2n) is 4.32. The fourth-order valence-electron chi connectivity index (χ4n) is 1.67. The van der Waals surface area contributed by atoms with E-state index in [2.05, 4.69) is 0 Å². The zero-order chi connectivity index (χ0) is 14.3. The van der Waals surface area contributed by atoms with E-state index in [1.807, 2.05) is 0 Å². The van der Waals surface area contributed by atoms with E-state index in [1.54, 1.807) is 30.3 Å². The van der Waals surface area contributed by atoms with Crippen LogP contribution >= 0.6 is 0 Å². The third-order valence-corrected chi connectivity index (χ3v) is 4.68. The van der Waals surface area contributed by atoms with E-state index < -0.39 is 16.0 Å². The van der Waals surface area contributed by atoms with Crippen LogP contribution in [0, 0.1) is 0 Å². The van der Waals surface area contributed by atoms with Crippen LogP contribution in [-0.4, -0.2) is 32.3 Å². The Morgan fingerprint density at radius 2 is 1.75 bits per heavy atom. The van der Waals surface area contributed by atoms with Gasteiger partial charge >= 0.3 is 51.4 Å². The number of rotatable bonds is 8. The topological polar surface area (TPSA) is 77.5 Å². The standard InChI is InChI=1S/C13H19NO4S.K/c1-14(11-7-3-6-10-13(15)16)19(17,18)12-8-4-2-5-9-12;/h2,4-5,8-9H,3,6-7,10-11H2,1H3,(H,15,16);/q;+1/p-1. The molecule has 106 valence electrons. The number of unbranched alkanes of at least 4 members (excludes halogenated alkanes) is 2. The number of carbonyl (C=O) groups excluding carboxylic acids is 1. The van der Waals surface area contributed by atoms with Crippen molar-refractivity contribution in [2.45, 2.75) is 30.6 Å². The summed E-state index contributed by atoms with van der Waals surface area (Å²) in [6.07, 6.45) is 1.84. The molecule has 0 amide bonds. The van der Waals surface area contributed by atoms with Crippen molar-refractivity contribution >= 4 is 16.0 Å². The average molecular weight is 323 g/mol. The number of benzene rings is 1. The van der Waals surface area contributed by atoms with E-state index >= 15 is 0 Å². The minimum absolute atomic E-state index is 0. The molecule has 0 radical (unpaired) electrons. The molecule has 0 aliphatic rings. The Kier molecular flexibility index (Phi) is 10.2. The van der Waals surface area contributed by atoms with Crippen LogP contribution in [-0.2, 0) is 14.8 Å². The summed E-state index contributed by atoms with van der Waals surface area (Å²) >= 11 is 0. The van der Waals surface area contributed by atoms with Crippen molar-refractivity contribution in [3.8, 4) is 0 Å². The molecule has 0 bridgehead atoms. The van der Waals surface area contributed by atoms with Crippen molar-refractivity contribution in [3.63, 3.8) is 0 Å². The summed E-state index contributed by atoms with van der Waals surface area (Å²) in [5.74, 6) is -1.06. The Hall–Kier alpha value is 0.236. The number of sulfonamides is 1. The predicted molar refractivity (Wildman–Crippen MR) is 69.7 cm³/mol. The number of hydrogen-bond donors (Lipinski definition) is 0. The summed E-state index contributed by atoms with van der Waals surface area (Å²) in [5.41, 5.74) is 0. The Bertz CT molecular complexity index is 504. The quantitative estimate of drug-likeness (QED) is 0.395. The Balaban J connectivity index is 0.00000361. The van der Waals surface area contributed by atoms with E-state index in [1.165, 1.54) is 11.4 Å². The van der Waals surface area contributed by atoms with Crippen LogP contribution in [0.1, 0.15) is 25.7 Å². The summed E-state index contributed by atoms with van der Waals surface area (Å²) in [6, 6.07) is 8.24. The van der Waals surface area contributed by atoms with E-state index in [-0.39, 0.29) is 62.7 Å². The van der Waals surface area contributed by atoms with Gasteiger partial charge in [-0.05, 0) is 31.4 Å². The van der Waals surface area contributed by atoms with Crippen molar-refractivity contribution in [1.29, 1.82) is 0 Å². The molecule has 0 aliphatic carbocycles. The summed E-state index contributed by atoms with van der Waals surface area (Å²) in [5, 5.41) is 10.2. The number of carboxylic acid groups (broad SMARTS) is 1. The van der Waals surface area contributed by atoms with E-state index in [9.17, 15) is 18.3 Å². The normalized spacial score (nSPS) is 11.1. The van der Waals surface area contributed by atoms with Gasteiger partial charge in [-0.15, -0.1) is 0 Å². The molecule has 0 spiro atoms. The van der Waals surface area contributed by atoms with Gasteiger partial charge in [0.05, 0.1) is 4.90 Å². The molecule has 7 heteroatoms. The Morgan fingerprint density at radius 3 is 2.30 bits per heavy atom. The van der Waals surface area contributed by atoms with Crippen molar-refractivity contribution < 1.29 is 69.7 Å². The smallest absolute Gasteiger partial charge is 0.550 e. The maximum absolute atomic E-state index is 12.1. The molecule has 0 saturated heterocycles. The van der Waals surface area contributed by atoms with E-state index in [0.29, 0.717) is 25.8 Å². The Morgan fingerprint density at radius 1 is 1.15 bits per heavy atom. The number of carbonyl (C=O) groups is 1. The summed E-state index contributed by atoms with van der Waals surface area (Å²) in [7, 11) is -1.91. The minimum atomic E-state index is -3.44. The fraction of sp³-hybridized carbons (Fsp3) is 0.462. The third-order valence-electron chi connectivity index (χ3n) is 2.81. The van der Waals surface area contributed by atoms with Crippen molar-refractivity contribution in [2.75, 3.05) is 13.6 Å². The van der Waals surface area contributed by atoms with Crippen LogP contribution < -0.4 is 56.5 Å². The molecule has 1 rings (SSSR count). The average Bonchev–Trinajstić information content (AvgIpc) is 2.38. The molecule has 5 nitrogen and oxygen atoms in total. The van der Waals surface area contributed by atoms with Gasteiger partial charge in [-0.25, -0.2) is 12.7 Å². The number of aliphatic carboxylic acids is 1. The van der Waals surface area contributed by atoms with Gasteiger partial charge in [0.15, 0.2) is 0 Å². The van der Waals surface area contributed by atoms with Crippen molar-refractivity contribution in [3.05, 3.63) is 30.3 Å². The van der Waals surface area contributed by atoms with Crippen molar-refractivity contribution in [1.82, 2.24) is 4.31 Å². The molecular formula is C13H18KNO4S. The predicted octanol–water partition coefficient (Wildman–Crippen LogP) is -2.38. The molecule has 20 heavy (non-hydrogen) atoms. The molecule has 0 saturated carbocycles. The van der Waals surface area contributed by atoms with Crippen LogP contribution in [0.5, 0.6) is 0 Å². The van der Waals surface area contributed by atoms with E-state index in [0.717, 1.165) is 0 Å². The number of hydrogen-bond acceptors (Lipinski definition) is 4. The van der Waals surface area contributed by atoms with Gasteiger partial charge in [0.25, 0.3) is 0 Å². The molecule has 0 aliphatic heterocycles. The van der Waals surface area contributed by atoms with Gasteiger partial charge in [0, 0.05) is 19.6 Å². The molecule has 0 heterocycles. The van der Waals surface area contributed by atoms with Gasteiger partial charge in [-0.3, -0.25) is 0 Å². The van der Waals surface area contributed by atoms with Crippen molar-refractivity contribution in [2.24, 2.45) is 0 Å². The first-order chi connectivity index (χ1) is 8.94. The molecule has 0 aromatic heterocycles. The molecule has 1 aromatic carbocycles. The summed E-state index contributed by atoms with van der Waals surface area (Å²) < 4.78 is 25.5. The Labute approximate surface area is 162 Å². The largest absolute Gasteiger partial charge is 1.00 e. The molecule has 0 fully saturated rings. The maximum atomic E-state index is 12.1.